The third-order valence-corrected chi connectivity index (χ3v) is 4.92. The maximum absolute atomic E-state index is 5.09. The Kier molecular flexibility index (Phi) is 4.74. The van der Waals surface area contributed by atoms with Crippen molar-refractivity contribution in [2.45, 2.75) is 57.0 Å². The summed E-state index contributed by atoms with van der Waals surface area (Å²) in [5, 5.41) is 4.85. The summed E-state index contributed by atoms with van der Waals surface area (Å²) in [6.07, 6.45) is 7.82. The summed E-state index contributed by atoms with van der Waals surface area (Å²) in [7, 11) is 1.75. The Morgan fingerprint density at radius 3 is 2.88 bits per heavy atom. The predicted octanol–water partition coefficient (Wildman–Crippen LogP) is 2.81. The summed E-state index contributed by atoms with van der Waals surface area (Å²) < 4.78 is 5.09. The molecule has 0 radical (unpaired) electrons. The van der Waals surface area contributed by atoms with Crippen LogP contribution in [-0.2, 0) is 4.74 Å². The van der Waals surface area contributed by atoms with E-state index >= 15 is 0 Å². The number of amidine groups is 1. The van der Waals surface area contributed by atoms with Gasteiger partial charge in [0, 0.05) is 25.0 Å². The molecule has 2 aliphatic rings. The second-order valence-electron chi connectivity index (χ2n) is 5.32. The highest BCUT2D eigenvalue weighted by molar-refractivity contribution is 8.14. The number of nitrogens with one attached hydrogen (secondary N) is 1. The molecule has 1 saturated heterocycles. The molecular weight excluding hydrogens is 232 g/mol. The van der Waals surface area contributed by atoms with Gasteiger partial charge in [-0.2, -0.15) is 0 Å². The first-order valence-electron chi connectivity index (χ1n) is 6.72. The summed E-state index contributed by atoms with van der Waals surface area (Å²) in [4.78, 5) is 4.75. The molecule has 1 atom stereocenters. The minimum absolute atomic E-state index is 0.365. The molecule has 1 spiro atoms. The van der Waals surface area contributed by atoms with Gasteiger partial charge in [-0.05, 0) is 26.2 Å². The molecule has 1 unspecified atom stereocenters. The number of aliphatic imine (C=N–C) groups is 1. The molecule has 1 heterocycles. The van der Waals surface area contributed by atoms with E-state index in [1.165, 1.54) is 37.9 Å². The first kappa shape index (κ1) is 13.2. The van der Waals surface area contributed by atoms with Crippen LogP contribution in [-0.4, -0.2) is 36.2 Å². The molecule has 1 aliphatic carbocycles. The van der Waals surface area contributed by atoms with Crippen LogP contribution in [0.1, 0.15) is 45.4 Å². The van der Waals surface area contributed by atoms with Crippen LogP contribution in [0.3, 0.4) is 0 Å². The van der Waals surface area contributed by atoms with Crippen molar-refractivity contribution in [1.82, 2.24) is 5.32 Å². The Morgan fingerprint density at radius 2 is 2.18 bits per heavy atom. The molecule has 17 heavy (non-hydrogen) atoms. The van der Waals surface area contributed by atoms with E-state index in [1.54, 1.807) is 7.11 Å². The lowest BCUT2D eigenvalue weighted by atomic mass is 9.83. The molecule has 0 aromatic carbocycles. The summed E-state index contributed by atoms with van der Waals surface area (Å²) in [6.45, 7) is 2.97. The Balaban J connectivity index is 1.85. The number of hydrogen-bond donors (Lipinski definition) is 1. The Bertz CT molecular complexity index is 275. The first-order valence-corrected chi connectivity index (χ1v) is 7.70. The number of thioether (sulfide) groups is 1. The lowest BCUT2D eigenvalue weighted by Gasteiger charge is -2.32. The fraction of sp³-hybridized carbons (Fsp3) is 0.923. The molecule has 4 heteroatoms. The van der Waals surface area contributed by atoms with Gasteiger partial charge in [0.05, 0.1) is 6.04 Å². The zero-order valence-corrected chi connectivity index (χ0v) is 11.8. The van der Waals surface area contributed by atoms with Crippen molar-refractivity contribution in [3.05, 3.63) is 0 Å². The van der Waals surface area contributed by atoms with Crippen LogP contribution in [0.15, 0.2) is 4.99 Å². The van der Waals surface area contributed by atoms with E-state index in [-0.39, 0.29) is 0 Å². The minimum atomic E-state index is 0.365. The van der Waals surface area contributed by atoms with Crippen molar-refractivity contribution in [1.29, 1.82) is 0 Å². The molecule has 2 rings (SSSR count). The van der Waals surface area contributed by atoms with Gasteiger partial charge in [-0.3, -0.25) is 4.99 Å². The zero-order valence-electron chi connectivity index (χ0n) is 11.0. The van der Waals surface area contributed by atoms with E-state index in [0.717, 1.165) is 18.2 Å². The van der Waals surface area contributed by atoms with E-state index in [0.29, 0.717) is 11.6 Å². The van der Waals surface area contributed by atoms with Crippen molar-refractivity contribution in [2.75, 3.05) is 19.5 Å². The number of ether oxygens (including phenoxy) is 1. The molecule has 1 N–H and O–H groups in total. The molecular formula is C13H24N2OS. The molecule has 98 valence electrons. The van der Waals surface area contributed by atoms with Gasteiger partial charge in [0.25, 0.3) is 0 Å². The van der Waals surface area contributed by atoms with Crippen molar-refractivity contribution < 1.29 is 4.74 Å². The van der Waals surface area contributed by atoms with E-state index in [4.69, 9.17) is 9.73 Å². The van der Waals surface area contributed by atoms with Crippen molar-refractivity contribution in [3.8, 4) is 0 Å². The average Bonchev–Trinajstić information content (AvgIpc) is 2.70. The average molecular weight is 256 g/mol. The Morgan fingerprint density at radius 1 is 1.41 bits per heavy atom. The third kappa shape index (κ3) is 3.62. The van der Waals surface area contributed by atoms with Crippen molar-refractivity contribution in [2.24, 2.45) is 4.99 Å². The minimum Gasteiger partial charge on any atom is -0.385 e. The van der Waals surface area contributed by atoms with Crippen LogP contribution >= 0.6 is 11.8 Å². The fourth-order valence-electron chi connectivity index (χ4n) is 2.63. The first-order chi connectivity index (χ1) is 8.24. The van der Waals surface area contributed by atoms with Gasteiger partial charge in [0.2, 0.25) is 0 Å². The molecule has 0 aromatic heterocycles. The van der Waals surface area contributed by atoms with Crippen LogP contribution in [0.4, 0.5) is 0 Å². The van der Waals surface area contributed by atoms with Gasteiger partial charge >= 0.3 is 0 Å². The molecule has 1 aliphatic heterocycles. The number of hydrogen-bond acceptors (Lipinski definition) is 3. The lowest BCUT2D eigenvalue weighted by Crippen LogP contribution is -2.45. The van der Waals surface area contributed by atoms with E-state index < -0.39 is 0 Å². The molecule has 3 nitrogen and oxygen atoms in total. The predicted molar refractivity (Wildman–Crippen MR) is 74.8 cm³/mol. The molecule has 1 saturated carbocycles. The van der Waals surface area contributed by atoms with Crippen LogP contribution < -0.4 is 5.32 Å². The third-order valence-electron chi connectivity index (χ3n) is 3.75. The van der Waals surface area contributed by atoms with Crippen LogP contribution in [0, 0.1) is 0 Å². The summed E-state index contributed by atoms with van der Waals surface area (Å²) >= 11 is 1.91. The quantitative estimate of drug-likeness (QED) is 0.840. The van der Waals surface area contributed by atoms with Gasteiger partial charge < -0.3 is 10.1 Å². The topological polar surface area (TPSA) is 33.6 Å². The highest BCUT2D eigenvalue weighted by Crippen LogP contribution is 2.36. The summed E-state index contributed by atoms with van der Waals surface area (Å²) in [5.74, 6) is 1.21. The molecule has 0 aromatic rings. The smallest absolute Gasteiger partial charge is 0.157 e. The van der Waals surface area contributed by atoms with Crippen LogP contribution in [0.25, 0.3) is 0 Å². The largest absolute Gasteiger partial charge is 0.385 e. The van der Waals surface area contributed by atoms with Gasteiger partial charge in [-0.1, -0.05) is 31.0 Å². The van der Waals surface area contributed by atoms with Gasteiger partial charge in [0.15, 0.2) is 5.17 Å². The van der Waals surface area contributed by atoms with Gasteiger partial charge in [0.1, 0.15) is 0 Å². The molecule has 0 bridgehead atoms. The van der Waals surface area contributed by atoms with E-state index in [1.807, 2.05) is 11.8 Å². The Hall–Kier alpha value is -0.220. The maximum atomic E-state index is 5.09. The van der Waals surface area contributed by atoms with Gasteiger partial charge in [-0.15, -0.1) is 0 Å². The second-order valence-corrected chi connectivity index (χ2v) is 6.28. The maximum Gasteiger partial charge on any atom is 0.157 e. The lowest BCUT2D eigenvalue weighted by molar-refractivity contribution is 0.190. The SMILES string of the molecule is COCCC(C)N=C1NC2(CCCCC2)CS1. The van der Waals surface area contributed by atoms with Crippen LogP contribution in [0.2, 0.25) is 0 Å². The monoisotopic (exact) mass is 256 g/mol. The summed E-state index contributed by atoms with van der Waals surface area (Å²) in [6, 6.07) is 0.365. The van der Waals surface area contributed by atoms with Gasteiger partial charge in [-0.25, -0.2) is 0 Å². The van der Waals surface area contributed by atoms with Crippen LogP contribution in [0.5, 0.6) is 0 Å². The summed E-state index contributed by atoms with van der Waals surface area (Å²) in [5.41, 5.74) is 0.378. The van der Waals surface area contributed by atoms with E-state index in [2.05, 4.69) is 12.2 Å². The number of nitrogens with zero attached hydrogens (tertiary/aromatic N) is 1. The van der Waals surface area contributed by atoms with Crippen molar-refractivity contribution >= 4 is 16.9 Å². The molecule has 2 fully saturated rings. The zero-order chi connectivity index (χ0) is 12.1. The second kappa shape index (κ2) is 6.10. The fourth-order valence-corrected chi connectivity index (χ4v) is 3.94. The number of methoxy groups -OCH3 is 1. The highest BCUT2D eigenvalue weighted by atomic mass is 32.2. The standard InChI is InChI=1S/C13H24N2OS/c1-11(6-9-16-2)14-12-15-13(10-17-12)7-4-3-5-8-13/h11H,3-10H2,1-2H3,(H,14,15). The van der Waals surface area contributed by atoms with Crippen molar-refractivity contribution in [3.63, 3.8) is 0 Å². The Labute approximate surface area is 109 Å². The normalized spacial score (nSPS) is 27.3. The highest BCUT2D eigenvalue weighted by Gasteiger charge is 2.38. The van der Waals surface area contributed by atoms with E-state index in [9.17, 15) is 0 Å². The number of rotatable bonds is 4. The molecule has 0 amide bonds.